The zero-order valence-corrected chi connectivity index (χ0v) is 21.9. The van der Waals surface area contributed by atoms with Crippen LogP contribution >= 0.6 is 34.7 Å². The third-order valence-corrected chi connectivity index (χ3v) is 9.41. The summed E-state index contributed by atoms with van der Waals surface area (Å²) < 4.78 is 64.2. The topological polar surface area (TPSA) is 112 Å². The third-order valence-electron chi connectivity index (χ3n) is 5.29. The molecule has 0 fully saturated rings. The summed E-state index contributed by atoms with van der Waals surface area (Å²) in [4.78, 5) is 4.02. The molecule has 0 atom stereocenters. The molecule has 2 aromatic carbocycles. The predicted octanol–water partition coefficient (Wildman–Crippen LogP) is 5.56. The fourth-order valence-corrected chi connectivity index (χ4v) is 7.41. The number of aryl methyl sites for hydroxylation is 1. The number of halogens is 1. The summed E-state index contributed by atoms with van der Waals surface area (Å²) in [7, 11) is -8.11. The Kier molecular flexibility index (Phi) is 7.63. The van der Waals surface area contributed by atoms with Crippen molar-refractivity contribution in [3.8, 4) is 0 Å². The van der Waals surface area contributed by atoms with Gasteiger partial charge in [0.05, 0.1) is 22.2 Å². The molecule has 182 valence electrons. The summed E-state index contributed by atoms with van der Waals surface area (Å²) in [5.74, 6) is -0.658. The van der Waals surface area contributed by atoms with E-state index in [-0.39, 0.29) is 24.3 Å². The molecule has 0 spiro atoms. The van der Waals surface area contributed by atoms with Crippen molar-refractivity contribution in [1.82, 2.24) is 0 Å². The van der Waals surface area contributed by atoms with Crippen LogP contribution in [0.4, 0.5) is 5.69 Å². The van der Waals surface area contributed by atoms with Crippen LogP contribution in [0.2, 0.25) is 5.02 Å². The van der Waals surface area contributed by atoms with Gasteiger partial charge in [0.2, 0.25) is 0 Å². The fourth-order valence-electron chi connectivity index (χ4n) is 3.85. The molecule has 0 amide bonds. The Hall–Kier alpha value is -1.60. The molecule has 4 rings (SSSR count). The van der Waals surface area contributed by atoms with Crippen molar-refractivity contribution >= 4 is 76.8 Å². The van der Waals surface area contributed by atoms with Crippen molar-refractivity contribution in [2.45, 2.75) is 24.2 Å². The molecule has 0 saturated carbocycles. The van der Waals surface area contributed by atoms with E-state index < -0.39 is 20.2 Å². The van der Waals surface area contributed by atoms with Gasteiger partial charge < -0.3 is 4.90 Å². The number of nitrogens with zero attached hydrogens (tertiary/aromatic N) is 1. The van der Waals surface area contributed by atoms with Gasteiger partial charge in [-0.15, -0.1) is 11.3 Å². The molecule has 12 heteroatoms. The highest BCUT2D eigenvalue weighted by Gasteiger charge is 2.26. The van der Waals surface area contributed by atoms with E-state index in [0.717, 1.165) is 36.1 Å². The van der Waals surface area contributed by atoms with Crippen LogP contribution in [0.15, 0.2) is 52.4 Å². The van der Waals surface area contributed by atoms with Crippen molar-refractivity contribution in [2.24, 2.45) is 0 Å². The molecular weight excluding hydrogens is 538 g/mol. The predicted molar refractivity (Wildman–Crippen MR) is 140 cm³/mol. The zero-order chi connectivity index (χ0) is 24.5. The molecule has 34 heavy (non-hydrogen) atoms. The minimum Gasteiger partial charge on any atom is -0.335 e. The molecule has 7 nitrogen and oxygen atoms in total. The molecule has 1 aliphatic rings. The highest BCUT2D eigenvalue weighted by atomic mass is 35.5. The Morgan fingerprint density at radius 2 is 1.68 bits per heavy atom. The van der Waals surface area contributed by atoms with E-state index in [9.17, 15) is 16.8 Å². The Morgan fingerprint density at radius 1 is 0.971 bits per heavy atom. The highest BCUT2D eigenvalue weighted by Crippen LogP contribution is 2.47. The molecule has 0 radical (unpaired) electrons. The smallest absolute Gasteiger partial charge is 0.264 e. The largest absolute Gasteiger partial charge is 0.335 e. The van der Waals surface area contributed by atoms with Crippen LogP contribution in [0.5, 0.6) is 0 Å². The first-order valence-corrected chi connectivity index (χ1v) is 15.6. The molecule has 2 N–H and O–H groups in total. The van der Waals surface area contributed by atoms with Gasteiger partial charge in [-0.1, -0.05) is 35.5 Å². The van der Waals surface area contributed by atoms with Gasteiger partial charge in [-0.3, -0.25) is 9.11 Å². The first kappa shape index (κ1) is 25.5. The Morgan fingerprint density at radius 3 is 2.41 bits per heavy atom. The number of thioether (sulfide) groups is 1. The monoisotopic (exact) mass is 559 g/mol. The number of hydrogen-bond donors (Lipinski definition) is 2. The summed E-state index contributed by atoms with van der Waals surface area (Å²) in [6.45, 7) is 0.407. The molecule has 1 aliphatic heterocycles. The lowest BCUT2D eigenvalue weighted by Gasteiger charge is -2.20. The van der Waals surface area contributed by atoms with Gasteiger partial charge in [0.25, 0.3) is 20.2 Å². The molecule has 0 bridgehead atoms. The summed E-state index contributed by atoms with van der Waals surface area (Å²) in [6, 6.07) is 13.4. The van der Waals surface area contributed by atoms with Crippen molar-refractivity contribution in [2.75, 3.05) is 23.0 Å². The average Bonchev–Trinajstić information content (AvgIpc) is 3.24. The van der Waals surface area contributed by atoms with Crippen LogP contribution in [0, 0.1) is 0 Å². The van der Waals surface area contributed by atoms with E-state index in [1.54, 1.807) is 29.2 Å². The fraction of sp³-hybridized carbons (Fsp3) is 0.273. The van der Waals surface area contributed by atoms with Gasteiger partial charge in [0, 0.05) is 26.0 Å². The molecule has 0 unspecified atom stereocenters. The maximum absolute atomic E-state index is 11.2. The molecule has 0 aliphatic carbocycles. The molecule has 0 saturated heterocycles. The maximum atomic E-state index is 11.2. The molecular formula is C22H22ClNO6S4. The van der Waals surface area contributed by atoms with Crippen LogP contribution in [0.25, 0.3) is 16.2 Å². The Bertz CT molecular complexity index is 1460. The maximum Gasteiger partial charge on any atom is 0.264 e. The van der Waals surface area contributed by atoms with E-state index in [0.29, 0.717) is 18.0 Å². The van der Waals surface area contributed by atoms with Crippen molar-refractivity contribution in [3.05, 3.63) is 63.0 Å². The Balaban J connectivity index is 1.71. The summed E-state index contributed by atoms with van der Waals surface area (Å²) in [5, 5.41) is 2.43. The number of fused-ring (bicyclic) bond motifs is 2. The van der Waals surface area contributed by atoms with Crippen molar-refractivity contribution in [3.63, 3.8) is 0 Å². The Labute approximate surface area is 211 Å². The van der Waals surface area contributed by atoms with E-state index in [1.165, 1.54) is 0 Å². The summed E-state index contributed by atoms with van der Waals surface area (Å²) in [5.41, 5.74) is 1.92. The van der Waals surface area contributed by atoms with Crippen LogP contribution in [-0.2, 0) is 26.7 Å². The lowest BCUT2D eigenvalue weighted by atomic mass is 10.1. The number of hydrogen-bond acceptors (Lipinski definition) is 7. The summed E-state index contributed by atoms with van der Waals surface area (Å²) >= 11 is 9.36. The van der Waals surface area contributed by atoms with Gasteiger partial charge in [0.1, 0.15) is 0 Å². The first-order valence-electron chi connectivity index (χ1n) is 10.4. The second-order valence-corrected chi connectivity index (χ2v) is 13.5. The van der Waals surface area contributed by atoms with Crippen LogP contribution in [-0.4, -0.2) is 44.0 Å². The number of anilines is 1. The lowest BCUT2D eigenvalue weighted by molar-refractivity contribution is 0.479. The van der Waals surface area contributed by atoms with Crippen LogP contribution in [0.3, 0.4) is 0 Å². The van der Waals surface area contributed by atoms with Crippen molar-refractivity contribution in [1.29, 1.82) is 0 Å². The van der Waals surface area contributed by atoms with Gasteiger partial charge in [-0.05, 0) is 66.6 Å². The molecule has 1 aromatic heterocycles. The highest BCUT2D eigenvalue weighted by molar-refractivity contribution is 8.04. The molecule has 3 aromatic rings. The number of thiophene rings is 1. The van der Waals surface area contributed by atoms with Gasteiger partial charge in [-0.2, -0.15) is 16.8 Å². The van der Waals surface area contributed by atoms with Gasteiger partial charge >= 0.3 is 0 Å². The number of benzene rings is 2. The van der Waals surface area contributed by atoms with E-state index in [4.69, 9.17) is 20.7 Å². The number of rotatable bonds is 9. The SMILES string of the molecule is O=S(=O)(O)CCCc1c(/C=C2\Sc3ccccc3N2CCCS(=O)(=O)O)sc2ccc(Cl)cc12. The minimum absolute atomic E-state index is 0.258. The second-order valence-electron chi connectivity index (χ2n) is 7.82. The second kappa shape index (κ2) is 10.2. The normalized spacial score (nSPS) is 15.4. The van der Waals surface area contributed by atoms with Gasteiger partial charge in [0.15, 0.2) is 0 Å². The number of para-hydroxylation sites is 1. The van der Waals surface area contributed by atoms with E-state index >= 15 is 0 Å². The minimum atomic E-state index is -4.06. The standard InChI is InChI=1S/C22H22ClNO6S4/c23-15-8-9-19-17(13-15)16(5-3-11-33(25,26)27)21(31-19)14-22-24(10-4-12-34(28,29)30)18-6-1-2-7-20(18)32-22/h1-2,6-9,13-14H,3-5,10-12H2,(H,25,26,27)(H,28,29,30)/b22-14-. The van der Waals surface area contributed by atoms with Gasteiger partial charge in [-0.25, -0.2) is 0 Å². The average molecular weight is 560 g/mol. The summed E-state index contributed by atoms with van der Waals surface area (Å²) in [6.07, 6.45) is 2.99. The lowest BCUT2D eigenvalue weighted by Crippen LogP contribution is -2.21. The van der Waals surface area contributed by atoms with Crippen LogP contribution < -0.4 is 4.90 Å². The first-order chi connectivity index (χ1) is 16.0. The van der Waals surface area contributed by atoms with E-state index in [2.05, 4.69) is 0 Å². The van der Waals surface area contributed by atoms with E-state index in [1.807, 2.05) is 47.4 Å². The quantitative estimate of drug-likeness (QED) is 0.327. The zero-order valence-electron chi connectivity index (χ0n) is 17.8. The third kappa shape index (κ3) is 6.34. The van der Waals surface area contributed by atoms with Crippen LogP contribution in [0.1, 0.15) is 23.3 Å². The molecule has 2 heterocycles. The van der Waals surface area contributed by atoms with Crippen molar-refractivity contribution < 1.29 is 25.9 Å².